The van der Waals surface area contributed by atoms with Crippen molar-refractivity contribution in [2.24, 2.45) is 0 Å². The number of fused-ring (bicyclic) bond motifs is 1. The Morgan fingerprint density at radius 2 is 1.57 bits per heavy atom. The van der Waals surface area contributed by atoms with Gasteiger partial charge in [-0.05, 0) is 24.3 Å². The lowest BCUT2D eigenvalue weighted by molar-refractivity contribution is 0.414. The standard InChI is InChI=1S/C16H14NO5P/c1-21-13-5-3-12(4-6-13)17(18)15-8-7-14(22-2)9-11(15)10-16(17)23(19)20/h3-10H,1-2H3. The zero-order valence-electron chi connectivity index (χ0n) is 12.6. The smallest absolute Gasteiger partial charge is 0.404 e. The first-order valence-electron chi connectivity index (χ1n) is 6.80. The Morgan fingerprint density at radius 1 is 0.957 bits per heavy atom. The van der Waals surface area contributed by atoms with E-state index in [9.17, 15) is 14.3 Å². The molecule has 0 radical (unpaired) electrons. The molecule has 0 N–H and O–H groups in total. The summed E-state index contributed by atoms with van der Waals surface area (Å²) in [5.41, 5.74) is 0.933. The predicted molar refractivity (Wildman–Crippen MR) is 87.1 cm³/mol. The lowest BCUT2D eigenvalue weighted by atomic mass is 10.1. The monoisotopic (exact) mass is 331 g/mol. The van der Waals surface area contributed by atoms with Crippen LogP contribution in [0.2, 0.25) is 0 Å². The molecule has 0 aliphatic carbocycles. The van der Waals surface area contributed by atoms with Crippen LogP contribution in [0.15, 0.2) is 47.9 Å². The van der Waals surface area contributed by atoms with Crippen LogP contribution in [-0.2, 0) is 9.13 Å². The van der Waals surface area contributed by atoms with Gasteiger partial charge in [0.2, 0.25) is 5.44 Å². The largest absolute Gasteiger partial charge is 0.616 e. The first kappa shape index (κ1) is 15.5. The molecule has 1 aliphatic heterocycles. The molecule has 0 saturated heterocycles. The minimum atomic E-state index is -3.04. The number of hydroxylamine groups is 1. The first-order valence-corrected chi connectivity index (χ1v) is 7.98. The van der Waals surface area contributed by atoms with Gasteiger partial charge in [0.15, 0.2) is 5.69 Å². The summed E-state index contributed by atoms with van der Waals surface area (Å²) < 4.78 is 32.3. The summed E-state index contributed by atoms with van der Waals surface area (Å²) >= 11 is 0. The molecule has 2 aromatic rings. The molecular formula is C16H14NO5P. The van der Waals surface area contributed by atoms with Crippen LogP contribution in [0.25, 0.3) is 6.08 Å². The van der Waals surface area contributed by atoms with Gasteiger partial charge in [-0.25, -0.2) is 9.13 Å². The van der Waals surface area contributed by atoms with E-state index in [0.29, 0.717) is 28.4 Å². The Labute approximate surface area is 133 Å². The highest BCUT2D eigenvalue weighted by Crippen LogP contribution is 2.52. The van der Waals surface area contributed by atoms with Crippen LogP contribution in [0.3, 0.4) is 0 Å². The second-order valence-electron chi connectivity index (χ2n) is 4.99. The highest BCUT2D eigenvalue weighted by atomic mass is 31.1. The van der Waals surface area contributed by atoms with E-state index in [1.165, 1.54) is 20.3 Å². The Morgan fingerprint density at radius 3 is 2.13 bits per heavy atom. The van der Waals surface area contributed by atoms with Crippen molar-refractivity contribution in [2.75, 3.05) is 14.2 Å². The maximum Gasteiger partial charge on any atom is 0.404 e. The first-order chi connectivity index (χ1) is 11.0. The molecular weight excluding hydrogens is 317 g/mol. The summed E-state index contributed by atoms with van der Waals surface area (Å²) in [6.07, 6.45) is 1.39. The van der Waals surface area contributed by atoms with E-state index in [0.717, 1.165) is 0 Å². The molecule has 0 amide bonds. The molecule has 3 rings (SSSR count). The summed E-state index contributed by atoms with van der Waals surface area (Å²) in [5, 5.41) is 13.5. The Balaban J connectivity index is 2.21. The van der Waals surface area contributed by atoms with E-state index >= 15 is 0 Å². The number of methoxy groups -OCH3 is 2. The van der Waals surface area contributed by atoms with E-state index in [2.05, 4.69) is 0 Å². The van der Waals surface area contributed by atoms with Crippen molar-refractivity contribution in [1.29, 1.82) is 0 Å². The topological polar surface area (TPSA) is 75.7 Å². The van der Waals surface area contributed by atoms with E-state index in [1.807, 2.05) is 0 Å². The van der Waals surface area contributed by atoms with Gasteiger partial charge < -0.3 is 14.7 Å². The van der Waals surface area contributed by atoms with Crippen LogP contribution < -0.4 is 14.1 Å². The molecule has 0 fully saturated rings. The zero-order valence-corrected chi connectivity index (χ0v) is 13.4. The Bertz CT molecular complexity index is 849. The summed E-state index contributed by atoms with van der Waals surface area (Å²) in [6.45, 7) is 0. The fraction of sp³-hybridized carbons (Fsp3) is 0.125. The molecule has 118 valence electrons. The number of hydrogen-bond acceptors (Lipinski definition) is 5. The van der Waals surface area contributed by atoms with Crippen molar-refractivity contribution in [3.63, 3.8) is 0 Å². The minimum absolute atomic E-state index is 0.228. The maximum absolute atomic E-state index is 13.5. The minimum Gasteiger partial charge on any atom is -0.616 e. The van der Waals surface area contributed by atoms with Crippen molar-refractivity contribution in [2.45, 2.75) is 0 Å². The van der Waals surface area contributed by atoms with E-state index in [1.54, 1.807) is 42.5 Å². The molecule has 0 spiro atoms. The SMILES string of the molecule is COc1ccc([N+]2([O-])C(P(=O)=O)=Cc3cc(OC)ccc32)cc1. The fourth-order valence-electron chi connectivity index (χ4n) is 2.65. The predicted octanol–water partition coefficient (Wildman–Crippen LogP) is 4.33. The lowest BCUT2D eigenvalue weighted by Crippen LogP contribution is -2.32. The zero-order chi connectivity index (χ0) is 16.6. The number of hydrogen-bond donors (Lipinski definition) is 0. The second-order valence-corrected chi connectivity index (χ2v) is 5.96. The van der Waals surface area contributed by atoms with Gasteiger partial charge in [-0.1, -0.05) is 0 Å². The molecule has 7 heteroatoms. The quantitative estimate of drug-likeness (QED) is 0.473. The van der Waals surface area contributed by atoms with Crippen LogP contribution in [-0.4, -0.2) is 14.2 Å². The van der Waals surface area contributed by atoms with E-state index in [4.69, 9.17) is 9.47 Å². The summed E-state index contributed by atoms with van der Waals surface area (Å²) in [4.78, 5) is 0. The number of ether oxygens (including phenoxy) is 2. The molecule has 1 aliphatic rings. The molecule has 0 bridgehead atoms. The number of quaternary nitrogens is 1. The summed E-state index contributed by atoms with van der Waals surface area (Å²) in [6, 6.07) is 11.3. The Hall–Kier alpha value is -2.40. The third-order valence-electron chi connectivity index (χ3n) is 3.80. The maximum atomic E-state index is 13.5. The van der Waals surface area contributed by atoms with Crippen LogP contribution in [0, 0.1) is 5.21 Å². The lowest BCUT2D eigenvalue weighted by Gasteiger charge is -2.37. The summed E-state index contributed by atoms with van der Waals surface area (Å²) in [7, 11) is -0.00215. The number of nitrogens with zero attached hydrogens (tertiary/aromatic N) is 1. The normalized spacial score (nSPS) is 19.0. The van der Waals surface area contributed by atoms with Crippen molar-refractivity contribution in [1.82, 2.24) is 4.65 Å². The van der Waals surface area contributed by atoms with Gasteiger partial charge in [0.05, 0.1) is 14.2 Å². The highest BCUT2D eigenvalue weighted by Gasteiger charge is 2.40. The number of rotatable bonds is 4. The van der Waals surface area contributed by atoms with Crippen molar-refractivity contribution >= 4 is 25.1 Å². The summed E-state index contributed by atoms with van der Waals surface area (Å²) in [5.74, 6) is 1.15. The van der Waals surface area contributed by atoms with E-state index in [-0.39, 0.29) is 5.44 Å². The molecule has 1 atom stereocenters. The van der Waals surface area contributed by atoms with Crippen LogP contribution in [0.4, 0.5) is 11.4 Å². The fourth-order valence-corrected chi connectivity index (χ4v) is 3.34. The van der Waals surface area contributed by atoms with Crippen LogP contribution >= 0.6 is 7.68 Å². The van der Waals surface area contributed by atoms with Gasteiger partial charge in [-0.3, -0.25) is 4.65 Å². The van der Waals surface area contributed by atoms with Crippen LogP contribution in [0.5, 0.6) is 11.5 Å². The van der Waals surface area contributed by atoms with E-state index < -0.39 is 12.3 Å². The van der Waals surface area contributed by atoms with Gasteiger partial charge in [0.1, 0.15) is 17.2 Å². The highest BCUT2D eigenvalue weighted by molar-refractivity contribution is 7.36. The number of benzene rings is 2. The average molecular weight is 331 g/mol. The van der Waals surface area contributed by atoms with Gasteiger partial charge in [-0.2, -0.15) is 0 Å². The van der Waals surface area contributed by atoms with Crippen molar-refractivity contribution < 1.29 is 18.6 Å². The second kappa shape index (κ2) is 5.66. The van der Waals surface area contributed by atoms with Crippen LogP contribution in [0.1, 0.15) is 5.56 Å². The molecule has 1 unspecified atom stereocenters. The molecule has 2 aromatic carbocycles. The van der Waals surface area contributed by atoms with Gasteiger partial charge in [-0.15, -0.1) is 0 Å². The van der Waals surface area contributed by atoms with Gasteiger partial charge >= 0.3 is 7.68 Å². The van der Waals surface area contributed by atoms with Crippen molar-refractivity contribution in [3.8, 4) is 11.5 Å². The molecule has 23 heavy (non-hydrogen) atoms. The van der Waals surface area contributed by atoms with Gasteiger partial charge in [0.25, 0.3) is 0 Å². The third-order valence-corrected chi connectivity index (χ3v) is 4.59. The average Bonchev–Trinajstić information content (AvgIpc) is 2.88. The molecule has 1 heterocycles. The molecule has 6 nitrogen and oxygen atoms in total. The third kappa shape index (κ3) is 2.37. The Kier molecular flexibility index (Phi) is 3.82. The molecule has 0 aromatic heterocycles. The van der Waals surface area contributed by atoms with Gasteiger partial charge in [0, 0.05) is 29.8 Å². The molecule has 0 saturated carbocycles. The van der Waals surface area contributed by atoms with Crippen molar-refractivity contribution in [3.05, 3.63) is 58.7 Å².